The van der Waals surface area contributed by atoms with Crippen LogP contribution in [0.3, 0.4) is 0 Å². The van der Waals surface area contributed by atoms with Crippen LogP contribution in [0.1, 0.15) is 17.5 Å². The van der Waals surface area contributed by atoms with Gasteiger partial charge in [-0.15, -0.1) is 5.10 Å². The molecule has 0 aliphatic carbocycles. The fraction of sp³-hybridized carbons (Fsp3) is 0.211. The number of benzene rings is 2. The van der Waals surface area contributed by atoms with E-state index in [1.807, 2.05) is 18.2 Å². The number of anilines is 3. The van der Waals surface area contributed by atoms with E-state index >= 15 is 0 Å². The van der Waals surface area contributed by atoms with Gasteiger partial charge in [-0.1, -0.05) is 48.5 Å². The highest BCUT2D eigenvalue weighted by Crippen LogP contribution is 2.31. The molecular weight excluding hydrogens is 298 g/mol. The van der Waals surface area contributed by atoms with Gasteiger partial charge in [0.1, 0.15) is 0 Å². The molecule has 0 saturated carbocycles. The van der Waals surface area contributed by atoms with E-state index in [9.17, 15) is 0 Å². The van der Waals surface area contributed by atoms with Gasteiger partial charge in [-0.05, 0) is 30.0 Å². The summed E-state index contributed by atoms with van der Waals surface area (Å²) >= 11 is 0. The molecule has 1 aliphatic rings. The van der Waals surface area contributed by atoms with E-state index < -0.39 is 0 Å². The molecule has 120 valence electrons. The van der Waals surface area contributed by atoms with E-state index in [2.05, 4.69) is 61.8 Å². The maximum atomic E-state index is 4.65. The summed E-state index contributed by atoms with van der Waals surface area (Å²) in [6, 6.07) is 18.7. The van der Waals surface area contributed by atoms with Crippen LogP contribution in [0.4, 0.5) is 17.5 Å². The van der Waals surface area contributed by atoms with Crippen molar-refractivity contribution < 1.29 is 0 Å². The number of para-hydroxylation sites is 1. The number of aromatic nitrogens is 3. The summed E-state index contributed by atoms with van der Waals surface area (Å²) in [6.45, 7) is 1.64. The Morgan fingerprint density at radius 1 is 1.00 bits per heavy atom. The third-order valence-electron chi connectivity index (χ3n) is 4.22. The Labute approximate surface area is 141 Å². The van der Waals surface area contributed by atoms with Crippen LogP contribution in [-0.2, 0) is 13.0 Å². The summed E-state index contributed by atoms with van der Waals surface area (Å²) in [5.41, 5.74) is 3.74. The normalized spacial score (nSPS) is 13.4. The molecule has 3 aromatic rings. The topological polar surface area (TPSA) is 53.9 Å². The Bertz CT molecular complexity index is 819. The van der Waals surface area contributed by atoms with E-state index in [1.165, 1.54) is 16.8 Å². The van der Waals surface area contributed by atoms with Crippen LogP contribution in [0, 0.1) is 0 Å². The van der Waals surface area contributed by atoms with Crippen LogP contribution < -0.4 is 10.2 Å². The molecule has 0 spiro atoms. The lowest BCUT2D eigenvalue weighted by Gasteiger charge is -2.29. The number of nitrogens with zero attached hydrogens (tertiary/aromatic N) is 4. The maximum Gasteiger partial charge on any atom is 0.251 e. The molecule has 1 N–H and O–H groups in total. The molecule has 2 aromatic carbocycles. The monoisotopic (exact) mass is 317 g/mol. The Balaban J connectivity index is 1.55. The van der Waals surface area contributed by atoms with Gasteiger partial charge < -0.3 is 10.2 Å². The van der Waals surface area contributed by atoms with E-state index in [0.29, 0.717) is 5.95 Å². The van der Waals surface area contributed by atoms with Gasteiger partial charge in [0.15, 0.2) is 5.82 Å². The van der Waals surface area contributed by atoms with E-state index in [-0.39, 0.29) is 0 Å². The molecule has 0 amide bonds. The first kappa shape index (κ1) is 14.6. The van der Waals surface area contributed by atoms with Gasteiger partial charge in [0.25, 0.3) is 5.95 Å². The van der Waals surface area contributed by atoms with E-state index in [4.69, 9.17) is 0 Å². The highest BCUT2D eigenvalue weighted by atomic mass is 15.3. The van der Waals surface area contributed by atoms with Gasteiger partial charge in [0.05, 0.1) is 6.20 Å². The standard InChI is InChI=1S/C19H19N5/c1-2-7-15(8-3-1)13-20-18-14-21-23-19(22-18)24-12-6-10-16-9-4-5-11-17(16)24/h1-5,7-9,11,14H,6,10,12-13H2,(H,20,22,23). The van der Waals surface area contributed by atoms with Crippen molar-refractivity contribution in [2.75, 3.05) is 16.8 Å². The molecule has 4 rings (SSSR count). The quantitative estimate of drug-likeness (QED) is 0.797. The Kier molecular flexibility index (Phi) is 4.06. The third kappa shape index (κ3) is 3.06. The Hall–Kier alpha value is -2.95. The summed E-state index contributed by atoms with van der Waals surface area (Å²) < 4.78 is 0. The minimum Gasteiger partial charge on any atom is -0.365 e. The molecule has 5 heteroatoms. The van der Waals surface area contributed by atoms with Crippen LogP contribution in [0.2, 0.25) is 0 Å². The molecular formula is C19H19N5. The van der Waals surface area contributed by atoms with Crippen molar-refractivity contribution in [3.63, 3.8) is 0 Å². The number of hydrogen-bond donors (Lipinski definition) is 1. The van der Waals surface area contributed by atoms with Crippen LogP contribution in [0.25, 0.3) is 0 Å². The van der Waals surface area contributed by atoms with Crippen LogP contribution in [0.15, 0.2) is 60.8 Å². The minimum atomic E-state index is 0.653. The molecule has 5 nitrogen and oxygen atoms in total. The molecule has 24 heavy (non-hydrogen) atoms. The summed E-state index contributed by atoms with van der Waals surface area (Å²) in [4.78, 5) is 6.80. The van der Waals surface area contributed by atoms with Crippen LogP contribution in [-0.4, -0.2) is 21.7 Å². The highest BCUT2D eigenvalue weighted by Gasteiger charge is 2.20. The van der Waals surface area contributed by atoms with Gasteiger partial charge >= 0.3 is 0 Å². The maximum absolute atomic E-state index is 4.65. The minimum absolute atomic E-state index is 0.653. The Morgan fingerprint density at radius 3 is 2.75 bits per heavy atom. The zero-order valence-corrected chi connectivity index (χ0v) is 13.4. The SMILES string of the molecule is c1ccc(CNc2cnnc(N3CCCc4ccccc43)n2)cc1. The van der Waals surface area contributed by atoms with Crippen molar-refractivity contribution in [1.29, 1.82) is 0 Å². The second-order valence-corrected chi connectivity index (χ2v) is 5.86. The molecule has 1 aromatic heterocycles. The van der Waals surface area contributed by atoms with E-state index in [0.717, 1.165) is 31.7 Å². The molecule has 0 radical (unpaired) electrons. The summed E-state index contributed by atoms with van der Waals surface area (Å²) in [5.74, 6) is 1.40. The molecule has 0 unspecified atom stereocenters. The van der Waals surface area contributed by atoms with Gasteiger partial charge in [0, 0.05) is 18.8 Å². The number of nitrogens with one attached hydrogen (secondary N) is 1. The van der Waals surface area contributed by atoms with Crippen molar-refractivity contribution in [1.82, 2.24) is 15.2 Å². The van der Waals surface area contributed by atoms with Crippen LogP contribution in [0.5, 0.6) is 0 Å². The average Bonchev–Trinajstić information content (AvgIpc) is 2.67. The summed E-state index contributed by atoms with van der Waals surface area (Å²) in [7, 11) is 0. The third-order valence-corrected chi connectivity index (χ3v) is 4.22. The first-order valence-corrected chi connectivity index (χ1v) is 8.23. The van der Waals surface area contributed by atoms with Gasteiger partial charge in [0.2, 0.25) is 0 Å². The van der Waals surface area contributed by atoms with E-state index in [1.54, 1.807) is 6.20 Å². The predicted molar refractivity (Wildman–Crippen MR) is 95.4 cm³/mol. The van der Waals surface area contributed by atoms with Gasteiger partial charge in [-0.3, -0.25) is 0 Å². The lowest BCUT2D eigenvalue weighted by atomic mass is 10.0. The molecule has 0 fully saturated rings. The highest BCUT2D eigenvalue weighted by molar-refractivity contribution is 5.63. The van der Waals surface area contributed by atoms with Gasteiger partial charge in [-0.25, -0.2) is 0 Å². The van der Waals surface area contributed by atoms with Crippen molar-refractivity contribution in [2.45, 2.75) is 19.4 Å². The average molecular weight is 317 g/mol. The van der Waals surface area contributed by atoms with Gasteiger partial charge in [-0.2, -0.15) is 10.1 Å². The van der Waals surface area contributed by atoms with Crippen LogP contribution >= 0.6 is 0 Å². The van der Waals surface area contributed by atoms with Crippen molar-refractivity contribution in [3.05, 3.63) is 71.9 Å². The second-order valence-electron chi connectivity index (χ2n) is 5.86. The molecule has 2 heterocycles. The fourth-order valence-electron chi connectivity index (χ4n) is 3.02. The first-order valence-electron chi connectivity index (χ1n) is 8.23. The number of fused-ring (bicyclic) bond motifs is 1. The second kappa shape index (κ2) is 6.66. The lowest BCUT2D eigenvalue weighted by Crippen LogP contribution is -2.26. The molecule has 1 aliphatic heterocycles. The summed E-state index contributed by atoms with van der Waals surface area (Å²) in [5, 5.41) is 11.7. The first-order chi connectivity index (χ1) is 11.9. The number of rotatable bonds is 4. The molecule has 0 atom stereocenters. The predicted octanol–water partition coefficient (Wildman–Crippen LogP) is 3.57. The zero-order valence-electron chi connectivity index (χ0n) is 13.4. The van der Waals surface area contributed by atoms with Crippen molar-refractivity contribution in [2.24, 2.45) is 0 Å². The smallest absolute Gasteiger partial charge is 0.251 e. The van der Waals surface area contributed by atoms with Crippen molar-refractivity contribution in [3.8, 4) is 0 Å². The lowest BCUT2D eigenvalue weighted by molar-refractivity contribution is 0.741. The zero-order chi connectivity index (χ0) is 16.2. The largest absolute Gasteiger partial charge is 0.365 e. The molecule has 0 bridgehead atoms. The van der Waals surface area contributed by atoms with Crippen molar-refractivity contribution >= 4 is 17.5 Å². The summed E-state index contributed by atoms with van der Waals surface area (Å²) in [6.07, 6.45) is 3.87. The molecule has 0 saturated heterocycles. The fourth-order valence-corrected chi connectivity index (χ4v) is 3.02. The Morgan fingerprint density at radius 2 is 1.83 bits per heavy atom. The number of aryl methyl sites for hydroxylation is 1. The number of hydrogen-bond acceptors (Lipinski definition) is 5.